The normalized spacial score (nSPS) is 18.4. The summed E-state index contributed by atoms with van der Waals surface area (Å²) in [6.45, 7) is 7.90. The maximum absolute atomic E-state index is 12.4. The van der Waals surface area contributed by atoms with Crippen molar-refractivity contribution in [3.05, 3.63) is 48.0 Å². The van der Waals surface area contributed by atoms with Gasteiger partial charge >= 0.3 is 6.09 Å². The highest BCUT2D eigenvalue weighted by Crippen LogP contribution is 2.42. The van der Waals surface area contributed by atoms with Crippen molar-refractivity contribution in [2.45, 2.75) is 50.5 Å². The van der Waals surface area contributed by atoms with Crippen LogP contribution in [-0.4, -0.2) is 46.8 Å². The van der Waals surface area contributed by atoms with Crippen LogP contribution >= 0.6 is 0 Å². The molecule has 2 aromatic carbocycles. The van der Waals surface area contributed by atoms with E-state index in [0.29, 0.717) is 19.7 Å². The molecule has 2 aromatic rings. The number of piperidine rings is 1. The summed E-state index contributed by atoms with van der Waals surface area (Å²) in [5.74, 6) is 0.943. The average molecular weight is 442 g/mol. The number of nitrogens with zero attached hydrogens (tertiary/aromatic N) is 1. The number of hydrogen-bond acceptors (Lipinski definition) is 4. The van der Waals surface area contributed by atoms with Crippen LogP contribution in [0.2, 0.25) is 0 Å². The Morgan fingerprint density at radius 1 is 1.10 bits per heavy atom. The fourth-order valence-corrected chi connectivity index (χ4v) is 4.72. The molecule has 1 unspecified atom stereocenters. The summed E-state index contributed by atoms with van der Waals surface area (Å²) >= 11 is 0. The van der Waals surface area contributed by atoms with Gasteiger partial charge in [-0.25, -0.2) is 4.79 Å². The highest BCUT2D eigenvalue weighted by molar-refractivity contribution is 7.84. The average Bonchev–Trinajstić information content (AvgIpc) is 3.08. The number of hydrogen-bond donors (Lipinski definition) is 0. The molecule has 2 aliphatic heterocycles. The molecule has 6 heteroatoms. The van der Waals surface area contributed by atoms with Crippen LogP contribution in [0.5, 0.6) is 5.75 Å². The number of rotatable bonds is 3. The van der Waals surface area contributed by atoms with Gasteiger partial charge in [-0.2, -0.15) is 0 Å². The predicted octanol–water partition coefficient (Wildman–Crippen LogP) is 5.04. The van der Waals surface area contributed by atoms with Gasteiger partial charge in [0.1, 0.15) is 11.4 Å². The zero-order valence-corrected chi connectivity index (χ0v) is 19.6. The van der Waals surface area contributed by atoms with Crippen LogP contribution in [0.3, 0.4) is 0 Å². The first-order chi connectivity index (χ1) is 14.6. The van der Waals surface area contributed by atoms with Gasteiger partial charge in [-0.1, -0.05) is 39.0 Å². The molecule has 166 valence electrons. The largest absolute Gasteiger partial charge is 0.487 e. The van der Waals surface area contributed by atoms with Crippen LogP contribution < -0.4 is 4.74 Å². The Morgan fingerprint density at radius 2 is 1.74 bits per heavy atom. The number of carbonyl (C=O) groups excluding carboxylic acids is 1. The minimum Gasteiger partial charge on any atom is -0.487 e. The lowest BCUT2D eigenvalue weighted by Crippen LogP contribution is -2.49. The van der Waals surface area contributed by atoms with Gasteiger partial charge in [0.05, 0.1) is 6.61 Å². The van der Waals surface area contributed by atoms with Crippen LogP contribution in [0.25, 0.3) is 11.1 Å². The van der Waals surface area contributed by atoms with Crippen LogP contribution in [0.15, 0.2) is 47.4 Å². The van der Waals surface area contributed by atoms with Gasteiger partial charge in [-0.15, -0.1) is 0 Å². The van der Waals surface area contributed by atoms with Crippen molar-refractivity contribution in [3.63, 3.8) is 0 Å². The second kappa shape index (κ2) is 8.30. The van der Waals surface area contributed by atoms with E-state index in [-0.39, 0.29) is 17.1 Å². The third-order valence-corrected chi connectivity index (χ3v) is 6.92. The Bertz CT molecular complexity index is 986. The first kappa shape index (κ1) is 21.9. The van der Waals surface area contributed by atoms with E-state index in [9.17, 15) is 9.00 Å². The van der Waals surface area contributed by atoms with Crippen molar-refractivity contribution in [2.24, 2.45) is 5.41 Å². The van der Waals surface area contributed by atoms with Gasteiger partial charge < -0.3 is 14.4 Å². The number of carbonyl (C=O) groups is 1. The molecule has 2 aliphatic rings. The Labute approximate surface area is 187 Å². The van der Waals surface area contributed by atoms with Crippen molar-refractivity contribution >= 4 is 16.9 Å². The topological polar surface area (TPSA) is 55.8 Å². The SMILES string of the molecule is CS(=O)c1ccc(-c2ccc3c(c2)CC2(CCN(C(=O)OCC(C)(C)C)CC2)O3)cc1. The molecule has 1 spiro atoms. The molecule has 2 heterocycles. The zero-order chi connectivity index (χ0) is 22.2. The minimum atomic E-state index is -0.970. The second-order valence-electron chi connectivity index (χ2n) is 9.87. The van der Waals surface area contributed by atoms with E-state index in [4.69, 9.17) is 9.47 Å². The summed E-state index contributed by atoms with van der Waals surface area (Å²) in [5.41, 5.74) is 3.19. The van der Waals surface area contributed by atoms with Gasteiger partial charge in [0.2, 0.25) is 0 Å². The highest BCUT2D eigenvalue weighted by atomic mass is 32.2. The van der Waals surface area contributed by atoms with Crippen LogP contribution in [-0.2, 0) is 22.0 Å². The summed E-state index contributed by atoms with van der Waals surface area (Å²) in [4.78, 5) is 15.0. The smallest absolute Gasteiger partial charge is 0.409 e. The minimum absolute atomic E-state index is 0.0332. The number of amides is 1. The molecular weight excluding hydrogens is 410 g/mol. The summed E-state index contributed by atoms with van der Waals surface area (Å²) < 4.78 is 23.5. The lowest BCUT2D eigenvalue weighted by molar-refractivity contribution is 0.00956. The Kier molecular flexibility index (Phi) is 5.86. The van der Waals surface area contributed by atoms with Crippen molar-refractivity contribution in [1.29, 1.82) is 0 Å². The Hall–Kier alpha value is -2.34. The van der Waals surface area contributed by atoms with Gasteiger partial charge in [0, 0.05) is 54.3 Å². The van der Waals surface area contributed by atoms with Crippen molar-refractivity contribution in [1.82, 2.24) is 4.90 Å². The molecule has 1 atom stereocenters. The quantitative estimate of drug-likeness (QED) is 0.669. The Morgan fingerprint density at radius 3 is 2.35 bits per heavy atom. The first-order valence-corrected chi connectivity index (χ1v) is 12.4. The molecule has 0 N–H and O–H groups in total. The third kappa shape index (κ3) is 4.95. The van der Waals surface area contributed by atoms with E-state index < -0.39 is 10.8 Å². The molecule has 5 nitrogen and oxygen atoms in total. The molecule has 0 bridgehead atoms. The van der Waals surface area contributed by atoms with Crippen LogP contribution in [0, 0.1) is 5.41 Å². The van der Waals surface area contributed by atoms with E-state index in [2.05, 4.69) is 39.0 Å². The predicted molar refractivity (Wildman–Crippen MR) is 123 cm³/mol. The van der Waals surface area contributed by atoms with E-state index in [0.717, 1.165) is 41.0 Å². The standard InChI is InChI=1S/C25H31NO4S/c1-24(2,3)17-29-23(27)26-13-11-25(12-14-26)16-20-15-19(7-10-22(20)30-25)18-5-8-21(9-6-18)31(4)28/h5-10,15H,11-14,16-17H2,1-4H3. The zero-order valence-electron chi connectivity index (χ0n) is 18.8. The van der Waals surface area contributed by atoms with E-state index in [1.54, 1.807) is 11.2 Å². The van der Waals surface area contributed by atoms with E-state index >= 15 is 0 Å². The second-order valence-corrected chi connectivity index (χ2v) is 11.2. The molecule has 1 saturated heterocycles. The van der Waals surface area contributed by atoms with Crippen molar-refractivity contribution in [2.75, 3.05) is 26.0 Å². The number of fused-ring (bicyclic) bond motifs is 1. The summed E-state index contributed by atoms with van der Waals surface area (Å²) in [6, 6.07) is 14.2. The number of likely N-dealkylation sites (tertiary alicyclic amines) is 1. The molecular formula is C25H31NO4S. The van der Waals surface area contributed by atoms with Crippen LogP contribution in [0.4, 0.5) is 4.79 Å². The molecule has 0 aromatic heterocycles. The Balaban J connectivity index is 1.40. The molecule has 31 heavy (non-hydrogen) atoms. The number of benzene rings is 2. The molecule has 4 rings (SSSR count). The molecule has 1 fully saturated rings. The fraction of sp³-hybridized carbons (Fsp3) is 0.480. The van der Waals surface area contributed by atoms with Crippen molar-refractivity contribution in [3.8, 4) is 16.9 Å². The molecule has 1 amide bonds. The van der Waals surface area contributed by atoms with Gasteiger partial charge in [0.15, 0.2) is 0 Å². The van der Waals surface area contributed by atoms with E-state index in [1.807, 2.05) is 24.3 Å². The monoisotopic (exact) mass is 441 g/mol. The van der Waals surface area contributed by atoms with E-state index in [1.165, 1.54) is 5.56 Å². The summed E-state index contributed by atoms with van der Waals surface area (Å²) in [5, 5.41) is 0. The summed E-state index contributed by atoms with van der Waals surface area (Å²) in [6.07, 6.45) is 3.94. The van der Waals surface area contributed by atoms with Crippen molar-refractivity contribution < 1.29 is 18.5 Å². The third-order valence-electron chi connectivity index (χ3n) is 5.98. The lowest BCUT2D eigenvalue weighted by Gasteiger charge is -2.38. The molecule has 0 radical (unpaired) electrons. The summed E-state index contributed by atoms with van der Waals surface area (Å²) in [7, 11) is -0.970. The highest BCUT2D eigenvalue weighted by Gasteiger charge is 2.43. The lowest BCUT2D eigenvalue weighted by atomic mass is 9.86. The fourth-order valence-electron chi connectivity index (χ4n) is 4.20. The maximum Gasteiger partial charge on any atom is 0.409 e. The number of ether oxygens (including phenoxy) is 2. The maximum atomic E-state index is 12.4. The molecule has 0 aliphatic carbocycles. The first-order valence-electron chi connectivity index (χ1n) is 10.8. The molecule has 0 saturated carbocycles. The van der Waals surface area contributed by atoms with Gasteiger partial charge in [-0.05, 0) is 46.4 Å². The van der Waals surface area contributed by atoms with Gasteiger partial charge in [-0.3, -0.25) is 4.21 Å². The van der Waals surface area contributed by atoms with Gasteiger partial charge in [0.25, 0.3) is 0 Å². The van der Waals surface area contributed by atoms with Crippen LogP contribution in [0.1, 0.15) is 39.2 Å².